The summed E-state index contributed by atoms with van der Waals surface area (Å²) in [5.74, 6) is 1.70. The molecule has 3 heterocycles. The third-order valence-electron chi connectivity index (χ3n) is 6.67. The van der Waals surface area contributed by atoms with E-state index in [4.69, 9.17) is 4.52 Å². The van der Waals surface area contributed by atoms with E-state index in [-0.39, 0.29) is 5.91 Å². The Morgan fingerprint density at radius 3 is 2.81 bits per heavy atom. The molecule has 2 aromatic heterocycles. The van der Waals surface area contributed by atoms with E-state index in [1.807, 2.05) is 4.90 Å². The molecule has 0 spiro atoms. The van der Waals surface area contributed by atoms with E-state index in [0.717, 1.165) is 62.3 Å². The Morgan fingerprint density at radius 1 is 1.07 bits per heavy atom. The number of carbonyl (C=O) groups is 1. The summed E-state index contributed by atoms with van der Waals surface area (Å²) in [7, 11) is 0. The molecule has 6 nitrogen and oxygen atoms in total. The minimum atomic E-state index is 0.0253. The van der Waals surface area contributed by atoms with Gasteiger partial charge >= 0.3 is 0 Å². The molecule has 6 heteroatoms. The van der Waals surface area contributed by atoms with Crippen LogP contribution in [0.2, 0.25) is 0 Å². The summed E-state index contributed by atoms with van der Waals surface area (Å²) in [6, 6.07) is 0. The van der Waals surface area contributed by atoms with Gasteiger partial charge in [-0.25, -0.2) is 0 Å². The maximum absolute atomic E-state index is 13.1. The largest absolute Gasteiger partial charge is 0.360 e. The monoisotopic (exact) mass is 368 g/mol. The van der Waals surface area contributed by atoms with Crippen LogP contribution in [0, 0.1) is 5.92 Å². The minimum absolute atomic E-state index is 0.0253. The van der Waals surface area contributed by atoms with Gasteiger partial charge in [-0.3, -0.25) is 9.89 Å². The number of aryl methyl sites for hydroxylation is 1. The van der Waals surface area contributed by atoms with E-state index < -0.39 is 0 Å². The molecule has 1 N–H and O–H groups in total. The lowest BCUT2D eigenvalue weighted by Gasteiger charge is -2.27. The van der Waals surface area contributed by atoms with Gasteiger partial charge in [0.1, 0.15) is 5.76 Å². The Labute approximate surface area is 159 Å². The zero-order chi connectivity index (χ0) is 18.2. The Bertz CT molecular complexity index is 831. The number of hydrogen-bond donors (Lipinski definition) is 1. The van der Waals surface area contributed by atoms with Crippen LogP contribution < -0.4 is 0 Å². The van der Waals surface area contributed by atoms with Crippen LogP contribution in [0.15, 0.2) is 4.52 Å². The zero-order valence-corrected chi connectivity index (χ0v) is 15.9. The highest BCUT2D eigenvalue weighted by Gasteiger charge is 2.31. The van der Waals surface area contributed by atoms with Gasteiger partial charge in [0.2, 0.25) is 0 Å². The predicted molar refractivity (Wildman–Crippen MR) is 100 cm³/mol. The van der Waals surface area contributed by atoms with Crippen molar-refractivity contribution in [3.8, 4) is 0 Å². The van der Waals surface area contributed by atoms with Crippen molar-refractivity contribution in [2.45, 2.75) is 77.2 Å². The average molecular weight is 368 g/mol. The number of H-pyrrole nitrogens is 1. The summed E-state index contributed by atoms with van der Waals surface area (Å²) >= 11 is 0. The van der Waals surface area contributed by atoms with Crippen LogP contribution >= 0.6 is 0 Å². The number of aromatic amines is 1. The number of carbonyl (C=O) groups excluding carboxylic acids is 1. The SMILES string of the molecule is O=C(c1noc2c1CCCC2)N1CCc2[nH]nc(CC3CCCCC3)c2C1. The fourth-order valence-electron chi connectivity index (χ4n) is 5.06. The van der Waals surface area contributed by atoms with Crippen LogP contribution in [0.5, 0.6) is 0 Å². The third kappa shape index (κ3) is 3.19. The molecule has 1 aliphatic heterocycles. The summed E-state index contributed by atoms with van der Waals surface area (Å²) in [5.41, 5.74) is 5.23. The van der Waals surface area contributed by atoms with Gasteiger partial charge in [-0.15, -0.1) is 0 Å². The number of fused-ring (bicyclic) bond motifs is 2. The lowest BCUT2D eigenvalue weighted by Crippen LogP contribution is -2.37. The summed E-state index contributed by atoms with van der Waals surface area (Å²) in [6.07, 6.45) is 12.7. The molecule has 0 atom stereocenters. The van der Waals surface area contributed by atoms with E-state index in [9.17, 15) is 4.79 Å². The molecule has 3 aliphatic rings. The molecule has 1 fully saturated rings. The second kappa shape index (κ2) is 7.13. The first kappa shape index (κ1) is 17.0. The summed E-state index contributed by atoms with van der Waals surface area (Å²) in [6.45, 7) is 1.37. The normalized spacial score (nSPS) is 20.4. The third-order valence-corrected chi connectivity index (χ3v) is 6.67. The van der Waals surface area contributed by atoms with Crippen LogP contribution in [0.25, 0.3) is 0 Å². The lowest BCUT2D eigenvalue weighted by atomic mass is 9.85. The topological polar surface area (TPSA) is 75.0 Å². The average Bonchev–Trinajstić information content (AvgIpc) is 3.32. The first-order valence-corrected chi connectivity index (χ1v) is 10.6. The second-order valence-electron chi connectivity index (χ2n) is 8.45. The van der Waals surface area contributed by atoms with Crippen molar-refractivity contribution in [1.82, 2.24) is 20.3 Å². The zero-order valence-electron chi connectivity index (χ0n) is 15.9. The van der Waals surface area contributed by atoms with Crippen molar-refractivity contribution in [3.05, 3.63) is 34.0 Å². The highest BCUT2D eigenvalue weighted by Crippen LogP contribution is 2.31. The van der Waals surface area contributed by atoms with E-state index in [0.29, 0.717) is 12.2 Å². The van der Waals surface area contributed by atoms with Crippen LogP contribution in [0.4, 0.5) is 0 Å². The summed E-state index contributed by atoms with van der Waals surface area (Å²) in [4.78, 5) is 15.1. The Morgan fingerprint density at radius 2 is 1.93 bits per heavy atom. The predicted octanol–water partition coefficient (Wildman–Crippen LogP) is 3.60. The molecular weight excluding hydrogens is 340 g/mol. The van der Waals surface area contributed by atoms with Gasteiger partial charge in [-0.05, 0) is 31.6 Å². The van der Waals surface area contributed by atoms with Gasteiger partial charge in [-0.1, -0.05) is 37.3 Å². The van der Waals surface area contributed by atoms with Crippen LogP contribution in [-0.2, 0) is 32.2 Å². The molecule has 5 rings (SSSR count). The van der Waals surface area contributed by atoms with E-state index in [1.165, 1.54) is 49.1 Å². The van der Waals surface area contributed by atoms with Gasteiger partial charge in [0.15, 0.2) is 5.69 Å². The van der Waals surface area contributed by atoms with Gasteiger partial charge < -0.3 is 9.42 Å². The van der Waals surface area contributed by atoms with E-state index in [2.05, 4.69) is 15.4 Å². The first-order chi connectivity index (χ1) is 13.3. The van der Waals surface area contributed by atoms with Crippen molar-refractivity contribution in [2.75, 3.05) is 6.54 Å². The maximum atomic E-state index is 13.1. The number of nitrogens with zero attached hydrogens (tertiary/aromatic N) is 3. The van der Waals surface area contributed by atoms with Crippen molar-refractivity contribution in [3.63, 3.8) is 0 Å². The first-order valence-electron chi connectivity index (χ1n) is 10.6. The van der Waals surface area contributed by atoms with Crippen molar-refractivity contribution < 1.29 is 9.32 Å². The molecular formula is C21H28N4O2. The van der Waals surface area contributed by atoms with E-state index in [1.54, 1.807) is 0 Å². The van der Waals surface area contributed by atoms with Crippen LogP contribution in [0.1, 0.15) is 83.7 Å². The number of hydrogen-bond acceptors (Lipinski definition) is 4. The number of aromatic nitrogens is 3. The summed E-state index contributed by atoms with van der Waals surface area (Å²) in [5, 5.41) is 12.0. The molecule has 0 saturated heterocycles. The Kier molecular flexibility index (Phi) is 4.50. The van der Waals surface area contributed by atoms with Crippen molar-refractivity contribution in [1.29, 1.82) is 0 Å². The Balaban J connectivity index is 1.34. The molecule has 2 aliphatic carbocycles. The quantitative estimate of drug-likeness (QED) is 0.898. The van der Waals surface area contributed by atoms with Crippen LogP contribution in [-0.4, -0.2) is 32.7 Å². The molecule has 1 amide bonds. The fourth-order valence-corrected chi connectivity index (χ4v) is 5.06. The minimum Gasteiger partial charge on any atom is -0.360 e. The van der Waals surface area contributed by atoms with Crippen molar-refractivity contribution >= 4 is 5.91 Å². The molecule has 2 aromatic rings. The van der Waals surface area contributed by atoms with Gasteiger partial charge in [0.05, 0.1) is 5.69 Å². The fraction of sp³-hybridized carbons (Fsp3) is 0.667. The lowest BCUT2D eigenvalue weighted by molar-refractivity contribution is 0.0722. The molecule has 0 aromatic carbocycles. The smallest absolute Gasteiger partial charge is 0.276 e. The highest BCUT2D eigenvalue weighted by molar-refractivity contribution is 5.94. The number of rotatable bonds is 3. The molecule has 0 unspecified atom stereocenters. The molecule has 27 heavy (non-hydrogen) atoms. The van der Waals surface area contributed by atoms with E-state index >= 15 is 0 Å². The highest BCUT2D eigenvalue weighted by atomic mass is 16.5. The molecule has 144 valence electrons. The van der Waals surface area contributed by atoms with Gasteiger partial charge in [0.25, 0.3) is 5.91 Å². The Hall–Kier alpha value is -2.11. The number of nitrogens with one attached hydrogen (secondary N) is 1. The maximum Gasteiger partial charge on any atom is 0.276 e. The summed E-state index contributed by atoms with van der Waals surface area (Å²) < 4.78 is 5.46. The molecule has 0 bridgehead atoms. The van der Waals surface area contributed by atoms with Crippen molar-refractivity contribution in [2.24, 2.45) is 5.92 Å². The standard InChI is InChI=1S/C21H28N4O2/c26-21(20-15-8-4-5-9-19(15)27-24-20)25-11-10-17-16(13-25)18(23-22-17)12-14-6-2-1-3-7-14/h14H,1-13H2,(H,22,23). The number of amides is 1. The molecule has 0 radical (unpaired) electrons. The van der Waals surface area contributed by atoms with Gasteiger partial charge in [-0.2, -0.15) is 5.10 Å². The second-order valence-corrected chi connectivity index (χ2v) is 8.45. The molecule has 1 saturated carbocycles. The van der Waals surface area contributed by atoms with Gasteiger partial charge in [0, 0.05) is 42.8 Å². The van der Waals surface area contributed by atoms with Crippen LogP contribution in [0.3, 0.4) is 0 Å².